The summed E-state index contributed by atoms with van der Waals surface area (Å²) in [6.45, 7) is 5.86. The molecule has 0 aliphatic rings. The van der Waals surface area contributed by atoms with E-state index in [1.165, 1.54) is 17.0 Å². The maximum atomic E-state index is 12.9. The van der Waals surface area contributed by atoms with Crippen molar-refractivity contribution in [2.45, 2.75) is 52.1 Å². The number of anilines is 1. The second kappa shape index (κ2) is 14.5. The first-order chi connectivity index (χ1) is 21.7. The van der Waals surface area contributed by atoms with Crippen LogP contribution in [0.2, 0.25) is 5.02 Å². The number of aromatic nitrogens is 2. The Labute approximate surface area is 268 Å². The predicted octanol–water partition coefficient (Wildman–Crippen LogP) is 6.95. The molecule has 4 rings (SSSR count). The third kappa shape index (κ3) is 9.58. The molecule has 2 aromatic carbocycles. The number of benzene rings is 2. The molecule has 10 nitrogen and oxygen atoms in total. The van der Waals surface area contributed by atoms with Crippen LogP contribution in [0.3, 0.4) is 0 Å². The lowest BCUT2D eigenvalue weighted by atomic mass is 10.1. The Hall–Kier alpha value is -4.83. The smallest absolute Gasteiger partial charge is 0.444 e. The molecule has 46 heavy (non-hydrogen) atoms. The Kier molecular flexibility index (Phi) is 10.7. The van der Waals surface area contributed by atoms with Crippen molar-refractivity contribution in [1.29, 1.82) is 5.26 Å². The monoisotopic (exact) mass is 656 g/mol. The van der Waals surface area contributed by atoms with Gasteiger partial charge in [-0.1, -0.05) is 23.7 Å². The summed E-state index contributed by atoms with van der Waals surface area (Å²) in [7, 11) is 0. The highest BCUT2D eigenvalue weighted by atomic mass is 35.5. The van der Waals surface area contributed by atoms with Crippen LogP contribution in [0.4, 0.5) is 23.8 Å². The van der Waals surface area contributed by atoms with E-state index in [2.05, 4.69) is 26.4 Å². The van der Waals surface area contributed by atoms with Crippen LogP contribution in [0.15, 0.2) is 54.9 Å². The van der Waals surface area contributed by atoms with Gasteiger partial charge in [0.25, 0.3) is 0 Å². The number of hydrogen-bond donors (Lipinski definition) is 2. The highest BCUT2D eigenvalue weighted by Gasteiger charge is 2.32. The van der Waals surface area contributed by atoms with Crippen LogP contribution in [-0.2, 0) is 16.1 Å². The number of pyridine rings is 2. The Balaban J connectivity index is 1.32. The highest BCUT2D eigenvalue weighted by molar-refractivity contribution is 6.32. The first kappa shape index (κ1) is 34.1. The number of nitrogens with zero attached hydrogens (tertiary/aromatic N) is 4. The molecular weight excluding hydrogens is 625 g/mol. The molecule has 0 unspecified atom stereocenters. The minimum Gasteiger partial charge on any atom is -0.444 e. The van der Waals surface area contributed by atoms with Gasteiger partial charge < -0.3 is 25.0 Å². The van der Waals surface area contributed by atoms with Crippen LogP contribution in [0.25, 0.3) is 21.7 Å². The van der Waals surface area contributed by atoms with Crippen LogP contribution < -0.4 is 15.4 Å². The largest absolute Gasteiger partial charge is 0.573 e. The number of nitrogens with one attached hydrogen (secondary N) is 2. The van der Waals surface area contributed by atoms with Crippen molar-refractivity contribution in [3.8, 4) is 11.8 Å². The van der Waals surface area contributed by atoms with Crippen LogP contribution >= 0.6 is 11.6 Å². The van der Waals surface area contributed by atoms with Gasteiger partial charge in [-0.2, -0.15) is 5.26 Å². The van der Waals surface area contributed by atoms with E-state index in [1.807, 2.05) is 12.1 Å². The number of halogens is 4. The standard InChI is InChI=1S/C32H32ClF3N6O4/c1-31(2,3)46-30(44)42(19-21-6-8-27(25(33)15-21)45-32(34,35)36)14-10-28(43)39-11-4-12-40-29-23-9-13-38-18-24(23)22-7-5-20(17-37)16-26(22)41-29/h5-9,13,15-16,18H,4,10-12,14,19H2,1-3H3,(H,39,43)(H,40,41). The van der Waals surface area contributed by atoms with Gasteiger partial charge in [-0.05, 0) is 63.1 Å². The van der Waals surface area contributed by atoms with Crippen molar-refractivity contribution in [2.75, 3.05) is 25.0 Å². The van der Waals surface area contributed by atoms with Crippen LogP contribution in [0.5, 0.6) is 5.75 Å². The van der Waals surface area contributed by atoms with Gasteiger partial charge in [0.1, 0.15) is 17.2 Å². The number of nitriles is 1. The van der Waals surface area contributed by atoms with Gasteiger partial charge in [-0.3, -0.25) is 9.78 Å². The fourth-order valence-electron chi connectivity index (χ4n) is 4.53. The van der Waals surface area contributed by atoms with Gasteiger partial charge in [-0.15, -0.1) is 13.2 Å². The number of rotatable bonds is 11. The normalized spacial score (nSPS) is 11.6. The predicted molar refractivity (Wildman–Crippen MR) is 167 cm³/mol. The first-order valence-electron chi connectivity index (χ1n) is 14.3. The molecule has 0 saturated heterocycles. The number of carbonyl (C=O) groups excluding carboxylic acids is 2. The average molecular weight is 657 g/mol. The summed E-state index contributed by atoms with van der Waals surface area (Å²) >= 11 is 5.97. The van der Waals surface area contributed by atoms with Gasteiger partial charge in [0.2, 0.25) is 5.91 Å². The highest BCUT2D eigenvalue weighted by Crippen LogP contribution is 2.32. The molecule has 0 bridgehead atoms. The summed E-state index contributed by atoms with van der Waals surface area (Å²) in [6, 6.07) is 13.0. The molecule has 2 amide bonds. The summed E-state index contributed by atoms with van der Waals surface area (Å²) in [6.07, 6.45) is -1.64. The third-order valence-corrected chi connectivity index (χ3v) is 6.84. The van der Waals surface area contributed by atoms with E-state index in [1.54, 1.807) is 45.3 Å². The zero-order valence-corrected chi connectivity index (χ0v) is 26.1. The SMILES string of the molecule is CC(C)(C)OC(=O)N(CCC(=O)NCCCNc1nc2cc(C#N)ccc2c2cnccc12)Cc1ccc(OC(F)(F)F)c(Cl)c1. The molecule has 0 atom stereocenters. The fraction of sp³-hybridized carbons (Fsp3) is 0.344. The number of alkyl halides is 3. The summed E-state index contributed by atoms with van der Waals surface area (Å²) in [5, 5.41) is 17.8. The maximum Gasteiger partial charge on any atom is 0.573 e. The van der Waals surface area contributed by atoms with Gasteiger partial charge in [0.05, 0.1) is 22.2 Å². The lowest BCUT2D eigenvalue weighted by molar-refractivity contribution is -0.274. The molecule has 0 fully saturated rings. The molecule has 242 valence electrons. The molecular formula is C32H32ClF3N6O4. The maximum absolute atomic E-state index is 12.9. The van der Waals surface area contributed by atoms with Gasteiger partial charge in [0, 0.05) is 61.2 Å². The van der Waals surface area contributed by atoms with Crippen LogP contribution in [0.1, 0.15) is 44.7 Å². The Morgan fingerprint density at radius 2 is 1.83 bits per heavy atom. The molecule has 0 aliphatic carbocycles. The van der Waals surface area contributed by atoms with E-state index in [0.29, 0.717) is 42.0 Å². The van der Waals surface area contributed by atoms with Gasteiger partial charge in [0.15, 0.2) is 0 Å². The van der Waals surface area contributed by atoms with Crippen molar-refractivity contribution in [1.82, 2.24) is 20.2 Å². The molecule has 0 saturated carbocycles. The van der Waals surface area contributed by atoms with E-state index in [4.69, 9.17) is 21.3 Å². The number of carbonyl (C=O) groups is 2. The minimum atomic E-state index is -4.90. The summed E-state index contributed by atoms with van der Waals surface area (Å²) in [5.41, 5.74) is 0.773. The van der Waals surface area contributed by atoms with E-state index in [-0.39, 0.29) is 30.4 Å². The summed E-state index contributed by atoms with van der Waals surface area (Å²) < 4.78 is 47.2. The quantitative estimate of drug-likeness (QED) is 0.131. The second-order valence-electron chi connectivity index (χ2n) is 11.3. The number of ether oxygens (including phenoxy) is 2. The molecule has 4 aromatic rings. The van der Waals surface area contributed by atoms with Crippen molar-refractivity contribution in [2.24, 2.45) is 0 Å². The molecule has 2 aromatic heterocycles. The Morgan fingerprint density at radius 3 is 2.52 bits per heavy atom. The number of hydrogen-bond acceptors (Lipinski definition) is 8. The van der Waals surface area contributed by atoms with Crippen LogP contribution in [0, 0.1) is 11.3 Å². The lowest BCUT2D eigenvalue weighted by Crippen LogP contribution is -2.39. The van der Waals surface area contributed by atoms with Crippen molar-refractivity contribution in [3.05, 3.63) is 71.0 Å². The molecule has 2 N–H and O–H groups in total. The summed E-state index contributed by atoms with van der Waals surface area (Å²) in [4.78, 5) is 35.8. The molecule has 14 heteroatoms. The first-order valence-corrected chi connectivity index (χ1v) is 14.7. The van der Waals surface area contributed by atoms with Crippen molar-refractivity contribution >= 4 is 51.1 Å². The van der Waals surface area contributed by atoms with Gasteiger partial charge in [-0.25, -0.2) is 9.78 Å². The lowest BCUT2D eigenvalue weighted by Gasteiger charge is -2.27. The molecule has 0 radical (unpaired) electrons. The minimum absolute atomic E-state index is 0.0108. The van der Waals surface area contributed by atoms with E-state index < -0.39 is 23.8 Å². The van der Waals surface area contributed by atoms with E-state index in [0.717, 1.165) is 22.2 Å². The average Bonchev–Trinajstić information content (AvgIpc) is 2.98. The molecule has 0 aliphatic heterocycles. The number of fused-ring (bicyclic) bond motifs is 3. The summed E-state index contributed by atoms with van der Waals surface area (Å²) in [5.74, 6) is -0.229. The van der Waals surface area contributed by atoms with Crippen LogP contribution in [-0.4, -0.2) is 58.5 Å². The number of amides is 2. The van der Waals surface area contributed by atoms with Crippen molar-refractivity contribution < 1.29 is 32.2 Å². The van der Waals surface area contributed by atoms with E-state index >= 15 is 0 Å². The zero-order chi connectivity index (χ0) is 33.5. The fourth-order valence-corrected chi connectivity index (χ4v) is 4.77. The second-order valence-corrected chi connectivity index (χ2v) is 11.7. The Morgan fingerprint density at radius 1 is 1.04 bits per heavy atom. The van der Waals surface area contributed by atoms with Gasteiger partial charge >= 0.3 is 12.5 Å². The zero-order valence-electron chi connectivity index (χ0n) is 25.4. The van der Waals surface area contributed by atoms with Crippen molar-refractivity contribution in [3.63, 3.8) is 0 Å². The van der Waals surface area contributed by atoms with E-state index in [9.17, 15) is 28.0 Å². The molecule has 0 spiro atoms. The topological polar surface area (TPSA) is 129 Å². The molecule has 2 heterocycles. The third-order valence-electron chi connectivity index (χ3n) is 6.55. The Bertz CT molecular complexity index is 1770.